The van der Waals surface area contributed by atoms with Crippen molar-refractivity contribution in [1.29, 1.82) is 0 Å². The number of unbranched alkanes of at least 4 members (excludes halogenated alkanes) is 1. The first-order chi connectivity index (χ1) is 20.3. The van der Waals surface area contributed by atoms with Crippen LogP contribution >= 0.6 is 0 Å². The zero-order valence-electron chi connectivity index (χ0n) is 25.7. The molecule has 43 heavy (non-hydrogen) atoms. The quantitative estimate of drug-likeness (QED) is 0.220. The zero-order valence-corrected chi connectivity index (χ0v) is 25.7. The molecule has 0 fully saturated rings. The summed E-state index contributed by atoms with van der Waals surface area (Å²) < 4.78 is 5.45. The number of hydrogen-bond donors (Lipinski definition) is 8. The summed E-state index contributed by atoms with van der Waals surface area (Å²) >= 11 is 0. The summed E-state index contributed by atoms with van der Waals surface area (Å²) in [6.45, 7) is 5.21. The molecule has 0 saturated heterocycles. The first kappa shape index (κ1) is 38.9. The van der Waals surface area contributed by atoms with E-state index in [1.165, 1.54) is 6.08 Å². The van der Waals surface area contributed by atoms with Crippen LogP contribution in [0.2, 0.25) is 0 Å². The van der Waals surface area contributed by atoms with E-state index in [9.17, 15) is 45.6 Å². The third kappa shape index (κ3) is 17.1. The lowest BCUT2D eigenvalue weighted by molar-refractivity contribution is -0.162. The van der Waals surface area contributed by atoms with Crippen molar-refractivity contribution in [2.24, 2.45) is 5.92 Å². The van der Waals surface area contributed by atoms with Gasteiger partial charge in [0.05, 0.1) is 48.6 Å². The smallest absolute Gasteiger partial charge is 0.311 e. The van der Waals surface area contributed by atoms with Gasteiger partial charge in [0, 0.05) is 12.8 Å². The molecule has 246 valence electrons. The predicted octanol–water partition coefficient (Wildman–Crippen LogP) is 2.14. The van der Waals surface area contributed by atoms with E-state index in [1.807, 2.05) is 6.92 Å². The molecule has 10 atom stereocenters. The molecule has 0 aromatic rings. The molecule has 6 unspecified atom stereocenters. The van der Waals surface area contributed by atoms with E-state index >= 15 is 0 Å². The standard InChI is InChI=1S/C33H54O10/c1-4-5-14-29-32(41)21-28(38)19-26(36)17-24(34)16-25(35)18-27(37)20-31(40)22(2)13-11-9-7-6-8-10-12-15-30(39)23(3)43-33(29)42/h6-13,15,23-32,34-41H,4-5,14,16-21H2,1-3H3/b7-6+,10-8+,11-9+,15-12+,22-13+/t23?,24-,25?,26+,27?,28+,29?,30?,31?,32+/m0/s1. The van der Waals surface area contributed by atoms with E-state index in [0.717, 1.165) is 6.42 Å². The number of aliphatic hydroxyl groups excluding tert-OH is 8. The van der Waals surface area contributed by atoms with Gasteiger partial charge in [-0.2, -0.15) is 0 Å². The molecule has 0 aliphatic carbocycles. The lowest BCUT2D eigenvalue weighted by Crippen LogP contribution is -2.37. The van der Waals surface area contributed by atoms with Gasteiger partial charge in [-0.25, -0.2) is 0 Å². The fourth-order valence-electron chi connectivity index (χ4n) is 4.83. The Bertz CT molecular complexity index is 927. The first-order valence-corrected chi connectivity index (χ1v) is 15.3. The number of carbonyl (C=O) groups is 1. The maximum Gasteiger partial charge on any atom is 0.311 e. The molecule has 0 aromatic carbocycles. The molecule has 0 bridgehead atoms. The maximum absolute atomic E-state index is 12.9. The summed E-state index contributed by atoms with van der Waals surface area (Å²) in [5, 5.41) is 83.5. The highest BCUT2D eigenvalue weighted by molar-refractivity contribution is 5.73. The third-order valence-corrected chi connectivity index (χ3v) is 7.46. The van der Waals surface area contributed by atoms with Gasteiger partial charge in [-0.1, -0.05) is 74.4 Å². The molecule has 8 N–H and O–H groups in total. The van der Waals surface area contributed by atoms with Crippen LogP contribution in [0.4, 0.5) is 0 Å². The highest BCUT2D eigenvalue weighted by Crippen LogP contribution is 2.23. The Hall–Kier alpha value is -2.15. The second-order valence-electron chi connectivity index (χ2n) is 11.6. The van der Waals surface area contributed by atoms with Crippen molar-refractivity contribution in [2.75, 3.05) is 0 Å². The van der Waals surface area contributed by atoms with Gasteiger partial charge in [-0.15, -0.1) is 0 Å². The van der Waals surface area contributed by atoms with E-state index < -0.39 is 66.8 Å². The molecule has 0 aromatic heterocycles. The fraction of sp³-hybridized carbons (Fsp3) is 0.667. The maximum atomic E-state index is 12.9. The van der Waals surface area contributed by atoms with Crippen LogP contribution < -0.4 is 0 Å². The van der Waals surface area contributed by atoms with Crippen molar-refractivity contribution in [3.63, 3.8) is 0 Å². The summed E-state index contributed by atoms with van der Waals surface area (Å²) in [4.78, 5) is 12.9. The second-order valence-corrected chi connectivity index (χ2v) is 11.6. The molecular formula is C33H54O10. The van der Waals surface area contributed by atoms with Gasteiger partial charge in [0.2, 0.25) is 0 Å². The Morgan fingerprint density at radius 1 is 0.698 bits per heavy atom. The summed E-state index contributed by atoms with van der Waals surface area (Å²) in [7, 11) is 0. The molecule has 0 saturated carbocycles. The number of cyclic esters (lactones) is 1. The molecule has 10 nitrogen and oxygen atoms in total. The van der Waals surface area contributed by atoms with E-state index in [0.29, 0.717) is 18.4 Å². The summed E-state index contributed by atoms with van der Waals surface area (Å²) in [5.41, 5.74) is 0.622. The van der Waals surface area contributed by atoms with E-state index in [-0.39, 0.29) is 38.5 Å². The van der Waals surface area contributed by atoms with Gasteiger partial charge >= 0.3 is 5.97 Å². The molecule has 0 amide bonds. The minimum absolute atomic E-state index is 0.00262. The van der Waals surface area contributed by atoms with Crippen LogP contribution in [0.1, 0.15) is 78.6 Å². The van der Waals surface area contributed by atoms with E-state index in [1.54, 1.807) is 62.5 Å². The largest absolute Gasteiger partial charge is 0.459 e. The van der Waals surface area contributed by atoms with Crippen LogP contribution in [-0.4, -0.2) is 102 Å². The Morgan fingerprint density at radius 3 is 1.70 bits per heavy atom. The minimum Gasteiger partial charge on any atom is -0.459 e. The number of ether oxygens (including phenoxy) is 1. The third-order valence-electron chi connectivity index (χ3n) is 7.46. The van der Waals surface area contributed by atoms with Crippen LogP contribution in [0.5, 0.6) is 0 Å². The predicted molar refractivity (Wildman–Crippen MR) is 165 cm³/mol. The van der Waals surface area contributed by atoms with Gasteiger partial charge in [-0.3, -0.25) is 4.79 Å². The zero-order chi connectivity index (χ0) is 32.4. The Balaban J connectivity index is 3.06. The number of rotatable bonds is 3. The molecular weight excluding hydrogens is 556 g/mol. The molecule has 1 heterocycles. The molecule has 1 rings (SSSR count). The van der Waals surface area contributed by atoms with Crippen molar-refractivity contribution in [3.8, 4) is 0 Å². The molecule has 0 radical (unpaired) electrons. The molecule has 1 aliphatic heterocycles. The van der Waals surface area contributed by atoms with Crippen LogP contribution in [0, 0.1) is 5.92 Å². The topological polar surface area (TPSA) is 188 Å². The van der Waals surface area contributed by atoms with Gasteiger partial charge < -0.3 is 45.6 Å². The SMILES string of the molecule is CCCCC1C(=O)OC(C)C(O)/C=C/C=C/C=C/C=C/C=C(\C)C(O)CC(O)CC(O)C[C@H](O)C[C@@H](O)C[C@@H](O)C[C@H]1O. The summed E-state index contributed by atoms with van der Waals surface area (Å²) in [5.74, 6) is -1.62. The Kier molecular flexibility index (Phi) is 19.5. The molecule has 0 spiro atoms. The van der Waals surface area contributed by atoms with Gasteiger partial charge in [0.25, 0.3) is 0 Å². The van der Waals surface area contributed by atoms with Crippen LogP contribution in [-0.2, 0) is 9.53 Å². The second kappa shape index (κ2) is 21.5. The first-order valence-electron chi connectivity index (χ1n) is 15.3. The van der Waals surface area contributed by atoms with Crippen molar-refractivity contribution < 1.29 is 50.4 Å². The van der Waals surface area contributed by atoms with Crippen molar-refractivity contribution >= 4 is 5.97 Å². The Morgan fingerprint density at radius 2 is 1.16 bits per heavy atom. The number of hydrogen-bond acceptors (Lipinski definition) is 10. The summed E-state index contributed by atoms with van der Waals surface area (Å²) in [6, 6.07) is 0. The number of esters is 1. The van der Waals surface area contributed by atoms with Gasteiger partial charge in [0.15, 0.2) is 0 Å². The van der Waals surface area contributed by atoms with Gasteiger partial charge in [-0.05, 0) is 51.5 Å². The van der Waals surface area contributed by atoms with Crippen LogP contribution in [0.3, 0.4) is 0 Å². The van der Waals surface area contributed by atoms with Gasteiger partial charge in [0.1, 0.15) is 12.2 Å². The van der Waals surface area contributed by atoms with Crippen LogP contribution in [0.25, 0.3) is 0 Å². The average molecular weight is 611 g/mol. The highest BCUT2D eigenvalue weighted by atomic mass is 16.6. The lowest BCUT2D eigenvalue weighted by atomic mass is 9.90. The fourth-order valence-corrected chi connectivity index (χ4v) is 4.83. The van der Waals surface area contributed by atoms with Crippen LogP contribution in [0.15, 0.2) is 60.3 Å². The minimum atomic E-state index is -1.25. The monoisotopic (exact) mass is 610 g/mol. The number of aliphatic hydroxyl groups is 8. The average Bonchev–Trinajstić information content (AvgIpc) is 2.90. The van der Waals surface area contributed by atoms with Crippen molar-refractivity contribution in [1.82, 2.24) is 0 Å². The molecule has 1 aliphatic rings. The van der Waals surface area contributed by atoms with Crippen molar-refractivity contribution in [3.05, 3.63) is 60.3 Å². The normalized spacial score (nSPS) is 39.7. The highest BCUT2D eigenvalue weighted by Gasteiger charge is 2.32. The number of carbonyl (C=O) groups excluding carboxylic acids is 1. The van der Waals surface area contributed by atoms with Crippen molar-refractivity contribution in [2.45, 2.75) is 133 Å². The van der Waals surface area contributed by atoms with E-state index in [4.69, 9.17) is 4.74 Å². The van der Waals surface area contributed by atoms with E-state index in [2.05, 4.69) is 0 Å². The molecule has 10 heteroatoms. The lowest BCUT2D eigenvalue weighted by Gasteiger charge is -2.27. The Labute approximate surface area is 256 Å². The number of allylic oxidation sites excluding steroid dienone is 8. The summed E-state index contributed by atoms with van der Waals surface area (Å²) in [6.07, 6.45) is 6.60.